The first-order chi connectivity index (χ1) is 12.7. The molecule has 0 aromatic rings. The Balaban J connectivity index is 3.91. The molecule has 4 heteroatoms. The van der Waals surface area contributed by atoms with E-state index in [1.165, 1.54) is 77.7 Å². The lowest BCUT2D eigenvalue weighted by atomic mass is 10.0. The summed E-state index contributed by atoms with van der Waals surface area (Å²) in [4.78, 5) is 12.1. The second-order valence-electron chi connectivity index (χ2n) is 9.57. The second kappa shape index (κ2) is 14.6. The van der Waals surface area contributed by atoms with Crippen molar-refractivity contribution in [1.29, 1.82) is 0 Å². The number of hydrogen-bond acceptors (Lipinski definition) is 3. The molecule has 1 atom stereocenters. The molecule has 0 bridgehead atoms. The normalized spacial score (nSPS) is 13.6. The summed E-state index contributed by atoms with van der Waals surface area (Å²) in [5.74, 6) is -0.206. The van der Waals surface area contributed by atoms with Gasteiger partial charge in [0, 0.05) is 0 Å². The van der Waals surface area contributed by atoms with Gasteiger partial charge in [0.25, 0.3) is 0 Å². The Morgan fingerprint density at radius 2 is 1.22 bits per heavy atom. The third kappa shape index (κ3) is 12.7. The monoisotopic (exact) mass is 400 g/mol. The summed E-state index contributed by atoms with van der Waals surface area (Å²) in [7, 11) is -0.486. The highest BCUT2D eigenvalue weighted by atomic mass is 28.4. The zero-order chi connectivity index (χ0) is 20.8. The van der Waals surface area contributed by atoms with Crippen LogP contribution in [0.15, 0.2) is 0 Å². The number of methoxy groups -OCH3 is 1. The maximum Gasteiger partial charge on any atom is 0.333 e. The third-order valence-corrected chi connectivity index (χ3v) is 10.5. The summed E-state index contributed by atoms with van der Waals surface area (Å²) in [6.07, 6.45) is 16.3. The molecule has 0 fully saturated rings. The predicted octanol–water partition coefficient (Wildman–Crippen LogP) is 7.64. The van der Waals surface area contributed by atoms with E-state index in [1.54, 1.807) is 0 Å². The molecule has 0 aliphatic carbocycles. The predicted molar refractivity (Wildman–Crippen MR) is 120 cm³/mol. The van der Waals surface area contributed by atoms with Gasteiger partial charge in [0.05, 0.1) is 7.11 Å². The van der Waals surface area contributed by atoms with E-state index in [-0.39, 0.29) is 17.1 Å². The lowest BCUT2D eigenvalue weighted by molar-refractivity contribution is -0.149. The number of rotatable bonds is 16. The van der Waals surface area contributed by atoms with E-state index in [9.17, 15) is 4.79 Å². The van der Waals surface area contributed by atoms with Gasteiger partial charge in [-0.2, -0.15) is 0 Å². The van der Waals surface area contributed by atoms with Crippen molar-refractivity contribution in [3.8, 4) is 0 Å². The summed E-state index contributed by atoms with van der Waals surface area (Å²) in [6, 6.07) is 0. The summed E-state index contributed by atoms with van der Waals surface area (Å²) in [5, 5.41) is 0.107. The van der Waals surface area contributed by atoms with Crippen LogP contribution in [0.4, 0.5) is 0 Å². The lowest BCUT2D eigenvalue weighted by Gasteiger charge is -2.38. The molecule has 0 radical (unpaired) electrons. The minimum Gasteiger partial charge on any atom is -0.467 e. The Kier molecular flexibility index (Phi) is 14.4. The van der Waals surface area contributed by atoms with E-state index in [0.717, 1.165) is 12.8 Å². The van der Waals surface area contributed by atoms with Crippen molar-refractivity contribution >= 4 is 14.3 Å². The van der Waals surface area contributed by atoms with Crippen LogP contribution in [0.25, 0.3) is 0 Å². The van der Waals surface area contributed by atoms with Crippen molar-refractivity contribution in [3.05, 3.63) is 0 Å². The highest BCUT2D eigenvalue weighted by molar-refractivity contribution is 6.74. The molecule has 162 valence electrons. The molecule has 3 nitrogen and oxygen atoms in total. The van der Waals surface area contributed by atoms with Crippen LogP contribution in [0.2, 0.25) is 18.1 Å². The van der Waals surface area contributed by atoms with Gasteiger partial charge in [0.15, 0.2) is 8.32 Å². The maximum atomic E-state index is 12.1. The zero-order valence-corrected chi connectivity index (χ0v) is 20.5. The van der Waals surface area contributed by atoms with Gasteiger partial charge in [-0.15, -0.1) is 0 Å². The van der Waals surface area contributed by atoms with E-state index < -0.39 is 8.32 Å². The van der Waals surface area contributed by atoms with Crippen LogP contribution in [0.3, 0.4) is 0 Å². The van der Waals surface area contributed by atoms with Crippen LogP contribution in [-0.2, 0) is 14.0 Å². The van der Waals surface area contributed by atoms with Crippen molar-refractivity contribution in [2.75, 3.05) is 7.11 Å². The van der Waals surface area contributed by atoms with Gasteiger partial charge >= 0.3 is 5.97 Å². The Bertz CT molecular complexity index is 374. The van der Waals surface area contributed by atoms with Crippen LogP contribution in [0.5, 0.6) is 0 Å². The van der Waals surface area contributed by atoms with Crippen LogP contribution >= 0.6 is 0 Å². The first kappa shape index (κ1) is 26.6. The van der Waals surface area contributed by atoms with E-state index in [0.29, 0.717) is 0 Å². The average Bonchev–Trinajstić information content (AvgIpc) is 2.59. The standard InChI is InChI=1S/C23H48O3Si/c1-8-9-10-11-12-13-14-15-16-17-18-19-20-21(22(24)25-5)26-27(6,7)23(2,3)4/h21H,8-20H2,1-7H3/t21-/m1/s1. The van der Waals surface area contributed by atoms with Crippen LogP contribution < -0.4 is 0 Å². The fourth-order valence-electron chi connectivity index (χ4n) is 3.06. The van der Waals surface area contributed by atoms with E-state index in [4.69, 9.17) is 9.16 Å². The fraction of sp³-hybridized carbons (Fsp3) is 0.957. The number of esters is 1. The topological polar surface area (TPSA) is 35.5 Å². The lowest BCUT2D eigenvalue weighted by Crippen LogP contribution is -2.46. The number of carbonyl (C=O) groups is 1. The van der Waals surface area contributed by atoms with Gasteiger partial charge in [-0.25, -0.2) is 4.79 Å². The Morgan fingerprint density at radius 3 is 1.59 bits per heavy atom. The van der Waals surface area contributed by atoms with Gasteiger partial charge < -0.3 is 9.16 Å². The molecule has 0 aromatic carbocycles. The minimum atomic E-state index is -1.95. The molecule has 0 aromatic heterocycles. The molecule has 0 aliphatic rings. The quantitative estimate of drug-likeness (QED) is 0.152. The Labute approximate surface area is 171 Å². The van der Waals surface area contributed by atoms with Crippen molar-refractivity contribution in [2.24, 2.45) is 0 Å². The summed E-state index contributed by atoms with van der Waals surface area (Å²) in [6.45, 7) is 13.3. The SMILES string of the molecule is CCCCCCCCCCCCCC[C@@H](O[Si](C)(C)C(C)(C)C)C(=O)OC. The smallest absolute Gasteiger partial charge is 0.333 e. The molecule has 0 N–H and O–H groups in total. The van der Waals surface area contributed by atoms with Crippen LogP contribution in [-0.4, -0.2) is 27.5 Å². The maximum absolute atomic E-state index is 12.1. The first-order valence-corrected chi connectivity index (χ1v) is 14.3. The molecule has 0 saturated carbocycles. The highest BCUT2D eigenvalue weighted by Gasteiger charge is 2.40. The molecular formula is C23H48O3Si. The fourth-order valence-corrected chi connectivity index (χ4v) is 4.34. The molecule has 0 saturated heterocycles. The minimum absolute atomic E-state index is 0.107. The van der Waals surface area contributed by atoms with Crippen molar-refractivity contribution < 1.29 is 14.0 Å². The molecule has 27 heavy (non-hydrogen) atoms. The van der Waals surface area contributed by atoms with Gasteiger partial charge in [-0.1, -0.05) is 105 Å². The van der Waals surface area contributed by atoms with Crippen LogP contribution in [0, 0.1) is 0 Å². The molecular weight excluding hydrogens is 352 g/mol. The van der Waals surface area contributed by atoms with Crippen LogP contribution in [0.1, 0.15) is 111 Å². The second-order valence-corrected chi connectivity index (χ2v) is 14.3. The van der Waals surface area contributed by atoms with E-state index >= 15 is 0 Å². The highest BCUT2D eigenvalue weighted by Crippen LogP contribution is 2.38. The number of hydrogen-bond donors (Lipinski definition) is 0. The largest absolute Gasteiger partial charge is 0.467 e. The number of unbranched alkanes of at least 4 members (excludes halogenated alkanes) is 11. The number of carbonyl (C=O) groups excluding carboxylic acids is 1. The van der Waals surface area contributed by atoms with E-state index in [1.807, 2.05) is 0 Å². The average molecular weight is 401 g/mol. The molecule has 0 spiro atoms. The molecule has 0 amide bonds. The first-order valence-electron chi connectivity index (χ1n) is 11.4. The van der Waals surface area contributed by atoms with E-state index in [2.05, 4.69) is 40.8 Å². The molecule has 0 unspecified atom stereocenters. The van der Waals surface area contributed by atoms with Crippen molar-refractivity contribution in [2.45, 2.75) is 135 Å². The van der Waals surface area contributed by atoms with Crippen molar-refractivity contribution in [1.82, 2.24) is 0 Å². The zero-order valence-electron chi connectivity index (χ0n) is 19.5. The third-order valence-electron chi connectivity index (χ3n) is 6.03. The Morgan fingerprint density at radius 1 is 0.815 bits per heavy atom. The molecule has 0 heterocycles. The summed E-state index contributed by atoms with van der Waals surface area (Å²) < 4.78 is 11.3. The Hall–Kier alpha value is -0.353. The van der Waals surface area contributed by atoms with Gasteiger partial charge in [-0.3, -0.25) is 0 Å². The molecule has 0 rings (SSSR count). The van der Waals surface area contributed by atoms with Gasteiger partial charge in [0.1, 0.15) is 6.10 Å². The van der Waals surface area contributed by atoms with Gasteiger partial charge in [0.2, 0.25) is 0 Å². The summed E-state index contributed by atoms with van der Waals surface area (Å²) in [5.41, 5.74) is 0. The summed E-state index contributed by atoms with van der Waals surface area (Å²) >= 11 is 0. The van der Waals surface area contributed by atoms with Crippen molar-refractivity contribution in [3.63, 3.8) is 0 Å². The molecule has 0 aliphatic heterocycles. The van der Waals surface area contributed by atoms with Gasteiger partial charge in [-0.05, 0) is 24.6 Å². The number of ether oxygens (including phenoxy) is 1.